The van der Waals surface area contributed by atoms with Crippen molar-refractivity contribution in [3.63, 3.8) is 0 Å². The predicted octanol–water partition coefficient (Wildman–Crippen LogP) is 2.15. The van der Waals surface area contributed by atoms with Gasteiger partial charge in [0.25, 0.3) is 0 Å². The highest BCUT2D eigenvalue weighted by atomic mass is 19.3. The lowest BCUT2D eigenvalue weighted by Crippen LogP contribution is -2.34. The highest BCUT2D eigenvalue weighted by Gasteiger charge is 2.49. The average molecular weight is 253 g/mol. The second-order valence-corrected chi connectivity index (χ2v) is 4.21. The van der Waals surface area contributed by atoms with E-state index in [-0.39, 0.29) is 5.82 Å². The van der Waals surface area contributed by atoms with Crippen molar-refractivity contribution >= 4 is 0 Å². The van der Waals surface area contributed by atoms with Gasteiger partial charge in [-0.15, -0.1) is 0 Å². The number of hydrogen-bond donors (Lipinski definition) is 1. The van der Waals surface area contributed by atoms with Crippen LogP contribution in [0.1, 0.15) is 37.4 Å². The Morgan fingerprint density at radius 1 is 1.29 bits per heavy atom. The Morgan fingerprint density at radius 3 is 2.41 bits per heavy atom. The molecule has 96 valence electrons. The van der Waals surface area contributed by atoms with E-state index in [2.05, 4.69) is 14.7 Å². The van der Waals surface area contributed by atoms with Crippen LogP contribution < -0.4 is 5.73 Å². The van der Waals surface area contributed by atoms with E-state index in [9.17, 15) is 17.6 Å². The monoisotopic (exact) mass is 253 g/mol. The summed E-state index contributed by atoms with van der Waals surface area (Å²) in [4.78, 5) is 3.32. The first-order valence-electron chi connectivity index (χ1n) is 5.16. The van der Waals surface area contributed by atoms with Crippen LogP contribution in [0.25, 0.3) is 0 Å². The second kappa shape index (κ2) is 3.94. The first kappa shape index (κ1) is 12.3. The quantitative estimate of drug-likeness (QED) is 0.838. The van der Waals surface area contributed by atoms with Crippen molar-refractivity contribution in [2.75, 3.05) is 0 Å². The van der Waals surface area contributed by atoms with E-state index in [0.29, 0.717) is 12.8 Å². The third-order valence-corrected chi connectivity index (χ3v) is 2.93. The van der Waals surface area contributed by atoms with Gasteiger partial charge >= 0.3 is 18.2 Å². The fraction of sp³-hybridized carbons (Fsp3) is 0.778. The van der Waals surface area contributed by atoms with Gasteiger partial charge < -0.3 is 10.3 Å². The first-order chi connectivity index (χ1) is 7.86. The molecule has 0 spiro atoms. The first-order valence-corrected chi connectivity index (χ1v) is 5.16. The number of aromatic nitrogens is 2. The SMILES string of the molecule is NC1(c2noc(C(F)(F)C(F)F)n2)CCCC1. The Labute approximate surface area is 94.2 Å². The molecule has 0 bridgehead atoms. The van der Waals surface area contributed by atoms with Crippen molar-refractivity contribution < 1.29 is 22.1 Å². The van der Waals surface area contributed by atoms with Crippen molar-refractivity contribution in [1.29, 1.82) is 0 Å². The Balaban J connectivity index is 2.27. The summed E-state index contributed by atoms with van der Waals surface area (Å²) in [6.07, 6.45) is -1.16. The summed E-state index contributed by atoms with van der Waals surface area (Å²) < 4.78 is 54.2. The van der Waals surface area contributed by atoms with Gasteiger partial charge in [0.15, 0.2) is 5.82 Å². The minimum absolute atomic E-state index is 0.120. The molecule has 1 aliphatic carbocycles. The van der Waals surface area contributed by atoms with Gasteiger partial charge in [0.05, 0.1) is 5.54 Å². The maximum absolute atomic E-state index is 12.9. The van der Waals surface area contributed by atoms with Crippen LogP contribution in [0.5, 0.6) is 0 Å². The van der Waals surface area contributed by atoms with Gasteiger partial charge in [-0.2, -0.15) is 13.8 Å². The molecule has 1 aromatic rings. The van der Waals surface area contributed by atoms with Crippen LogP contribution in [0.15, 0.2) is 4.52 Å². The van der Waals surface area contributed by atoms with Crippen molar-refractivity contribution in [3.8, 4) is 0 Å². The van der Waals surface area contributed by atoms with Gasteiger partial charge in [-0.3, -0.25) is 0 Å². The molecule has 8 heteroatoms. The zero-order chi connectivity index (χ0) is 12.7. The molecule has 0 aliphatic heterocycles. The molecule has 1 saturated carbocycles. The molecular weight excluding hydrogens is 242 g/mol. The van der Waals surface area contributed by atoms with E-state index in [1.54, 1.807) is 0 Å². The largest absolute Gasteiger partial charge is 0.383 e. The summed E-state index contributed by atoms with van der Waals surface area (Å²) in [5.41, 5.74) is 4.97. The van der Waals surface area contributed by atoms with Gasteiger partial charge in [-0.05, 0) is 12.8 Å². The molecular formula is C9H11F4N3O. The number of nitrogens with two attached hydrogens (primary N) is 1. The zero-order valence-corrected chi connectivity index (χ0v) is 8.80. The summed E-state index contributed by atoms with van der Waals surface area (Å²) in [6.45, 7) is 0. The van der Waals surface area contributed by atoms with Crippen LogP contribution in [0.3, 0.4) is 0 Å². The van der Waals surface area contributed by atoms with Crippen LogP contribution >= 0.6 is 0 Å². The molecule has 2 rings (SSSR count). The smallest absolute Gasteiger partial charge is 0.332 e. The Bertz CT molecular complexity index is 381. The van der Waals surface area contributed by atoms with Gasteiger partial charge in [-0.1, -0.05) is 18.0 Å². The minimum atomic E-state index is -4.43. The number of nitrogens with zero attached hydrogens (tertiary/aromatic N) is 2. The normalized spacial score (nSPS) is 20.1. The van der Waals surface area contributed by atoms with Crippen LogP contribution in [-0.4, -0.2) is 16.6 Å². The molecule has 17 heavy (non-hydrogen) atoms. The summed E-state index contributed by atoms with van der Waals surface area (Å²) in [5, 5.41) is 3.29. The lowest BCUT2D eigenvalue weighted by Gasteiger charge is -2.17. The number of alkyl halides is 4. The molecule has 0 radical (unpaired) electrons. The summed E-state index contributed by atoms with van der Waals surface area (Å²) in [6, 6.07) is 0. The maximum Gasteiger partial charge on any atom is 0.383 e. The van der Waals surface area contributed by atoms with Crippen molar-refractivity contribution in [1.82, 2.24) is 10.1 Å². The molecule has 4 nitrogen and oxygen atoms in total. The molecule has 0 atom stereocenters. The summed E-state index contributed by atoms with van der Waals surface area (Å²) in [7, 11) is 0. The van der Waals surface area contributed by atoms with Gasteiger partial charge in [-0.25, -0.2) is 8.78 Å². The Morgan fingerprint density at radius 2 is 1.88 bits per heavy atom. The lowest BCUT2D eigenvalue weighted by atomic mass is 9.99. The predicted molar refractivity (Wildman–Crippen MR) is 48.5 cm³/mol. The standard InChI is InChI=1S/C9H11F4N3O/c10-5(11)9(12,13)7-15-6(16-17-7)8(14)3-1-2-4-8/h5H,1-4,14H2. The van der Waals surface area contributed by atoms with E-state index >= 15 is 0 Å². The molecule has 1 fully saturated rings. The van der Waals surface area contributed by atoms with E-state index in [0.717, 1.165) is 12.8 Å². The molecule has 1 heterocycles. The summed E-state index contributed by atoms with van der Waals surface area (Å²) >= 11 is 0. The van der Waals surface area contributed by atoms with Crippen LogP contribution in [-0.2, 0) is 11.5 Å². The van der Waals surface area contributed by atoms with E-state index < -0.39 is 23.8 Å². The van der Waals surface area contributed by atoms with Crippen LogP contribution in [0.4, 0.5) is 17.6 Å². The number of hydrogen-bond acceptors (Lipinski definition) is 4. The molecule has 0 unspecified atom stereocenters. The van der Waals surface area contributed by atoms with Crippen LogP contribution in [0.2, 0.25) is 0 Å². The number of rotatable bonds is 3. The highest BCUT2D eigenvalue weighted by Crippen LogP contribution is 2.38. The van der Waals surface area contributed by atoms with Gasteiger partial charge in [0, 0.05) is 0 Å². The molecule has 1 aromatic heterocycles. The van der Waals surface area contributed by atoms with Gasteiger partial charge in [0.1, 0.15) is 0 Å². The van der Waals surface area contributed by atoms with Crippen molar-refractivity contribution in [3.05, 3.63) is 11.7 Å². The molecule has 2 N–H and O–H groups in total. The Hall–Kier alpha value is -1.18. The van der Waals surface area contributed by atoms with Gasteiger partial charge in [0.2, 0.25) is 0 Å². The third-order valence-electron chi connectivity index (χ3n) is 2.93. The Kier molecular flexibility index (Phi) is 2.84. The summed E-state index contributed by atoms with van der Waals surface area (Å²) in [5.74, 6) is -5.93. The average Bonchev–Trinajstić information content (AvgIpc) is 2.86. The molecule has 0 saturated heterocycles. The number of halogens is 4. The molecule has 1 aliphatic rings. The van der Waals surface area contributed by atoms with Crippen LogP contribution in [0, 0.1) is 0 Å². The van der Waals surface area contributed by atoms with Crippen molar-refractivity contribution in [2.45, 2.75) is 43.6 Å². The maximum atomic E-state index is 12.9. The second-order valence-electron chi connectivity index (χ2n) is 4.21. The molecule has 0 amide bonds. The minimum Gasteiger partial charge on any atom is -0.332 e. The van der Waals surface area contributed by atoms with Crippen molar-refractivity contribution in [2.24, 2.45) is 5.73 Å². The molecule has 0 aromatic carbocycles. The fourth-order valence-corrected chi connectivity index (χ4v) is 1.88. The zero-order valence-electron chi connectivity index (χ0n) is 8.80. The highest BCUT2D eigenvalue weighted by molar-refractivity contribution is 5.08. The van der Waals surface area contributed by atoms with E-state index in [1.165, 1.54) is 0 Å². The topological polar surface area (TPSA) is 64.9 Å². The third kappa shape index (κ3) is 2.01. The van der Waals surface area contributed by atoms with E-state index in [1.807, 2.05) is 0 Å². The van der Waals surface area contributed by atoms with E-state index in [4.69, 9.17) is 5.73 Å². The lowest BCUT2D eigenvalue weighted by molar-refractivity contribution is -0.152. The fourth-order valence-electron chi connectivity index (χ4n) is 1.88.